The quantitative estimate of drug-likeness (QED) is 0.107. The number of hydrogen-bond acceptors (Lipinski definition) is 10. The molecule has 1 saturated heterocycles. The molecule has 2 aliphatic rings. The van der Waals surface area contributed by atoms with Crippen LogP contribution in [0.1, 0.15) is 95.0 Å². The summed E-state index contributed by atoms with van der Waals surface area (Å²) in [6.45, 7) is 5.58. The first-order valence-corrected chi connectivity index (χ1v) is 20.9. The van der Waals surface area contributed by atoms with Crippen LogP contribution in [-0.4, -0.2) is 94.4 Å². The first-order chi connectivity index (χ1) is 28.9. The smallest absolute Gasteiger partial charge is 0.407 e. The standard InChI is InChI=1S/C45H58N6O9/c1-4-13-36(41(54)43(56)47-25-38(53)49-39(35-18-11-12-23-46-35)32-19-21-33(52)22-20-32)48-42(55)37-24-34(59-28-30-14-7-5-8-15-30)26-51(37)44(57)40(31-16-9-6-10-17-31)50-45(58)60-27-29(2)3/h5,7-8,11-12,14-15,18-23,29,31,34,36-37,39-40,52H,4,6,9-10,13,16-17,24-28H2,1-3H3,(H,47,56)(H,48,55)(H,49,53)(H,50,58). The monoisotopic (exact) mass is 826 g/mol. The fourth-order valence-corrected chi connectivity index (χ4v) is 7.62. The van der Waals surface area contributed by atoms with Gasteiger partial charge in [-0.05, 0) is 66.5 Å². The highest BCUT2D eigenvalue weighted by atomic mass is 16.5. The zero-order valence-electron chi connectivity index (χ0n) is 34.6. The second-order valence-corrected chi connectivity index (χ2v) is 15.9. The number of benzene rings is 2. The molecule has 5 N–H and O–H groups in total. The minimum absolute atomic E-state index is 0.0487. The van der Waals surface area contributed by atoms with Gasteiger partial charge in [0.15, 0.2) is 0 Å². The lowest BCUT2D eigenvalue weighted by Crippen LogP contribution is -2.58. The van der Waals surface area contributed by atoms with Crippen LogP contribution in [0.5, 0.6) is 5.75 Å². The number of rotatable bonds is 19. The van der Waals surface area contributed by atoms with Crippen molar-refractivity contribution in [1.29, 1.82) is 0 Å². The maximum absolute atomic E-state index is 14.6. The number of ether oxygens (including phenoxy) is 2. The Morgan fingerprint density at radius 2 is 1.60 bits per heavy atom. The lowest BCUT2D eigenvalue weighted by atomic mass is 9.83. The molecule has 5 unspecified atom stereocenters. The summed E-state index contributed by atoms with van der Waals surface area (Å²) in [4.78, 5) is 87.6. The van der Waals surface area contributed by atoms with E-state index in [1.807, 2.05) is 44.2 Å². The van der Waals surface area contributed by atoms with Crippen LogP contribution in [0.25, 0.3) is 0 Å². The normalized spacial score (nSPS) is 18.2. The summed E-state index contributed by atoms with van der Waals surface area (Å²) in [5, 5.41) is 20.5. The summed E-state index contributed by atoms with van der Waals surface area (Å²) < 4.78 is 11.6. The van der Waals surface area contributed by atoms with E-state index in [0.29, 0.717) is 17.7 Å². The van der Waals surface area contributed by atoms with E-state index in [9.17, 15) is 33.9 Å². The Hall–Kier alpha value is -5.83. The number of pyridine rings is 1. The number of hydrogen-bond donors (Lipinski definition) is 5. The Morgan fingerprint density at radius 3 is 2.27 bits per heavy atom. The molecule has 0 radical (unpaired) electrons. The summed E-state index contributed by atoms with van der Waals surface area (Å²) in [6.07, 6.45) is 5.28. The highest BCUT2D eigenvalue weighted by Gasteiger charge is 2.45. The molecular weight excluding hydrogens is 769 g/mol. The minimum Gasteiger partial charge on any atom is -0.508 e. The number of amides is 5. The average molecular weight is 827 g/mol. The van der Waals surface area contributed by atoms with Crippen molar-refractivity contribution in [2.45, 2.75) is 109 Å². The molecule has 2 aromatic carbocycles. The minimum atomic E-state index is -1.25. The molecule has 5 amide bonds. The summed E-state index contributed by atoms with van der Waals surface area (Å²) in [5.74, 6) is -3.71. The van der Waals surface area contributed by atoms with Gasteiger partial charge in [-0.3, -0.25) is 29.0 Å². The van der Waals surface area contributed by atoms with E-state index in [4.69, 9.17) is 9.47 Å². The lowest BCUT2D eigenvalue weighted by molar-refractivity contribution is -0.143. The molecule has 15 heteroatoms. The van der Waals surface area contributed by atoms with Crippen molar-refractivity contribution in [3.05, 3.63) is 95.8 Å². The van der Waals surface area contributed by atoms with Gasteiger partial charge >= 0.3 is 6.09 Å². The number of aromatic nitrogens is 1. The fraction of sp³-hybridized carbons (Fsp3) is 0.489. The molecule has 0 bridgehead atoms. The van der Waals surface area contributed by atoms with E-state index in [1.165, 1.54) is 17.0 Å². The van der Waals surface area contributed by atoms with E-state index in [0.717, 1.165) is 37.7 Å². The number of Topliss-reactive ketones (excluding diaryl/α,β-unsaturated/α-hetero) is 1. The Labute approximate surface area is 351 Å². The third kappa shape index (κ3) is 13.1. The van der Waals surface area contributed by atoms with Crippen LogP contribution >= 0.6 is 0 Å². The molecule has 0 spiro atoms. The van der Waals surface area contributed by atoms with Gasteiger partial charge in [0.2, 0.25) is 23.5 Å². The lowest BCUT2D eigenvalue weighted by Gasteiger charge is -2.34. The first kappa shape index (κ1) is 45.3. The number of alkyl carbamates (subject to hydrolysis) is 1. The largest absolute Gasteiger partial charge is 0.508 e. The van der Waals surface area contributed by atoms with Gasteiger partial charge in [-0.2, -0.15) is 0 Å². The van der Waals surface area contributed by atoms with Crippen LogP contribution < -0.4 is 21.3 Å². The zero-order chi connectivity index (χ0) is 43.0. The summed E-state index contributed by atoms with van der Waals surface area (Å²) in [7, 11) is 0. The van der Waals surface area contributed by atoms with Gasteiger partial charge < -0.3 is 40.7 Å². The Kier molecular flexibility index (Phi) is 17.0. The number of carbonyl (C=O) groups is 6. The maximum atomic E-state index is 14.6. The van der Waals surface area contributed by atoms with Crippen molar-refractivity contribution in [3.63, 3.8) is 0 Å². The van der Waals surface area contributed by atoms with Crippen LogP contribution in [0.4, 0.5) is 4.79 Å². The average Bonchev–Trinajstić information content (AvgIpc) is 3.70. The van der Waals surface area contributed by atoms with E-state index >= 15 is 0 Å². The summed E-state index contributed by atoms with van der Waals surface area (Å²) in [5.41, 5.74) is 2.06. The number of phenolic OH excluding ortho intramolecular Hbond substituents is 1. The molecule has 5 rings (SSSR count). The molecule has 322 valence electrons. The zero-order valence-corrected chi connectivity index (χ0v) is 34.6. The van der Waals surface area contributed by atoms with Crippen LogP contribution in [-0.2, 0) is 40.1 Å². The predicted octanol–water partition coefficient (Wildman–Crippen LogP) is 4.48. The van der Waals surface area contributed by atoms with Crippen LogP contribution in [0.15, 0.2) is 79.0 Å². The molecule has 2 heterocycles. The second-order valence-electron chi connectivity index (χ2n) is 15.9. The molecule has 1 saturated carbocycles. The summed E-state index contributed by atoms with van der Waals surface area (Å²) >= 11 is 0. The van der Waals surface area contributed by atoms with Gasteiger partial charge in [-0.1, -0.05) is 95.0 Å². The van der Waals surface area contributed by atoms with E-state index in [1.54, 1.807) is 43.5 Å². The van der Waals surface area contributed by atoms with E-state index in [2.05, 4.69) is 26.3 Å². The Bertz CT molecular complexity index is 1890. The molecule has 1 aliphatic carbocycles. The van der Waals surface area contributed by atoms with E-state index in [-0.39, 0.29) is 50.2 Å². The number of aromatic hydroxyl groups is 1. The fourth-order valence-electron chi connectivity index (χ4n) is 7.62. The molecule has 1 aliphatic heterocycles. The highest BCUT2D eigenvalue weighted by Crippen LogP contribution is 2.31. The van der Waals surface area contributed by atoms with E-state index < -0.39 is 72.3 Å². The van der Waals surface area contributed by atoms with Gasteiger partial charge in [0.1, 0.15) is 17.8 Å². The van der Waals surface area contributed by atoms with Gasteiger partial charge in [0.25, 0.3) is 5.91 Å². The van der Waals surface area contributed by atoms with Crippen LogP contribution in [0, 0.1) is 11.8 Å². The SMILES string of the molecule is CCCC(NC(=O)C1CC(OCc2ccccc2)CN1C(=O)C(NC(=O)OCC(C)C)C1CCCCC1)C(=O)C(=O)NCC(=O)NC(c1ccc(O)cc1)c1ccccn1. The van der Waals surface area contributed by atoms with Gasteiger partial charge in [0, 0.05) is 19.2 Å². The van der Waals surface area contributed by atoms with Crippen molar-refractivity contribution in [2.24, 2.45) is 11.8 Å². The molecule has 5 atom stereocenters. The topological polar surface area (TPSA) is 205 Å². The van der Waals surface area contributed by atoms with Crippen molar-refractivity contribution in [1.82, 2.24) is 31.2 Å². The first-order valence-electron chi connectivity index (χ1n) is 20.9. The summed E-state index contributed by atoms with van der Waals surface area (Å²) in [6, 6.07) is 17.0. The molecule has 2 fully saturated rings. The van der Waals surface area contributed by atoms with Crippen molar-refractivity contribution in [2.75, 3.05) is 19.7 Å². The third-order valence-electron chi connectivity index (χ3n) is 10.7. The number of ketones is 1. The van der Waals surface area contributed by atoms with Crippen molar-refractivity contribution < 1.29 is 43.3 Å². The third-order valence-corrected chi connectivity index (χ3v) is 10.7. The Balaban J connectivity index is 1.28. The van der Waals surface area contributed by atoms with Gasteiger partial charge in [-0.25, -0.2) is 4.79 Å². The molecule has 3 aromatic rings. The number of nitrogens with one attached hydrogen (secondary N) is 4. The van der Waals surface area contributed by atoms with Crippen LogP contribution in [0.3, 0.4) is 0 Å². The number of phenols is 1. The highest BCUT2D eigenvalue weighted by molar-refractivity contribution is 6.38. The van der Waals surface area contributed by atoms with Gasteiger partial charge in [0.05, 0.1) is 43.6 Å². The number of likely N-dealkylation sites (tertiary alicyclic amines) is 1. The number of nitrogens with zero attached hydrogens (tertiary/aromatic N) is 2. The molecule has 60 heavy (non-hydrogen) atoms. The molecule has 15 nitrogen and oxygen atoms in total. The van der Waals surface area contributed by atoms with Crippen molar-refractivity contribution >= 4 is 35.5 Å². The Morgan fingerprint density at radius 1 is 0.883 bits per heavy atom. The van der Waals surface area contributed by atoms with Crippen molar-refractivity contribution in [3.8, 4) is 5.75 Å². The predicted molar refractivity (Wildman–Crippen MR) is 222 cm³/mol. The van der Waals surface area contributed by atoms with Gasteiger partial charge in [-0.15, -0.1) is 0 Å². The number of carbonyl (C=O) groups excluding carboxylic acids is 6. The molecule has 1 aromatic heterocycles. The maximum Gasteiger partial charge on any atom is 0.407 e. The van der Waals surface area contributed by atoms with Crippen LogP contribution in [0.2, 0.25) is 0 Å². The molecular formula is C45H58N6O9. The second kappa shape index (κ2) is 22.5.